The summed E-state index contributed by atoms with van der Waals surface area (Å²) in [6.45, 7) is 3.96. The molecule has 3 heterocycles. The second-order valence-electron chi connectivity index (χ2n) is 6.04. The maximum atomic E-state index is 13.3. The van der Waals surface area contributed by atoms with E-state index in [1.807, 2.05) is 73.8 Å². The molecule has 0 saturated carbocycles. The van der Waals surface area contributed by atoms with Crippen molar-refractivity contribution in [3.8, 4) is 5.69 Å². The highest BCUT2D eigenvalue weighted by Gasteiger charge is 2.15. The van der Waals surface area contributed by atoms with E-state index in [4.69, 9.17) is 4.98 Å². The van der Waals surface area contributed by atoms with Crippen LogP contribution >= 0.6 is 11.3 Å². The molecule has 1 aromatic carbocycles. The third kappa shape index (κ3) is 2.86. The molecule has 4 rings (SSSR count). The molecule has 26 heavy (non-hydrogen) atoms. The predicted octanol–water partition coefficient (Wildman–Crippen LogP) is 4.63. The molecular formula is C21H17N3OS. The molecule has 0 bridgehead atoms. The molecule has 0 spiro atoms. The lowest BCUT2D eigenvalue weighted by atomic mass is 10.2. The number of thiophene rings is 1. The number of aromatic nitrogens is 3. The highest BCUT2D eigenvalue weighted by atomic mass is 32.1. The third-order valence-electron chi connectivity index (χ3n) is 4.28. The van der Waals surface area contributed by atoms with Crippen molar-refractivity contribution in [3.05, 3.63) is 86.4 Å². The zero-order valence-corrected chi connectivity index (χ0v) is 15.3. The van der Waals surface area contributed by atoms with E-state index >= 15 is 0 Å². The van der Waals surface area contributed by atoms with Gasteiger partial charge in [-0.05, 0) is 49.8 Å². The van der Waals surface area contributed by atoms with Gasteiger partial charge >= 0.3 is 0 Å². The van der Waals surface area contributed by atoms with Gasteiger partial charge < -0.3 is 0 Å². The standard InChI is InChI=1S/C21H17N3OS/c1-14-7-3-4-9-18(14)24-19(11-10-16-8-5-6-12-22-16)23-17-13-26-15(2)20(17)21(24)25/h3-13H,1-2H3/b11-10+. The lowest BCUT2D eigenvalue weighted by Crippen LogP contribution is -2.23. The van der Waals surface area contributed by atoms with E-state index in [0.717, 1.165) is 27.3 Å². The van der Waals surface area contributed by atoms with E-state index in [1.54, 1.807) is 22.1 Å². The van der Waals surface area contributed by atoms with Gasteiger partial charge in [0.05, 0.1) is 22.3 Å². The van der Waals surface area contributed by atoms with E-state index in [-0.39, 0.29) is 5.56 Å². The van der Waals surface area contributed by atoms with Crippen molar-refractivity contribution in [1.82, 2.24) is 14.5 Å². The Morgan fingerprint density at radius 1 is 1.04 bits per heavy atom. The van der Waals surface area contributed by atoms with E-state index in [1.165, 1.54) is 0 Å². The predicted molar refractivity (Wildman–Crippen MR) is 108 cm³/mol. The highest BCUT2D eigenvalue weighted by molar-refractivity contribution is 7.11. The van der Waals surface area contributed by atoms with Gasteiger partial charge in [0.1, 0.15) is 5.82 Å². The Morgan fingerprint density at radius 3 is 2.62 bits per heavy atom. The van der Waals surface area contributed by atoms with Crippen LogP contribution in [0.2, 0.25) is 0 Å². The number of hydrogen-bond donors (Lipinski definition) is 0. The summed E-state index contributed by atoms with van der Waals surface area (Å²) in [6, 6.07) is 13.6. The van der Waals surface area contributed by atoms with Crippen molar-refractivity contribution in [2.45, 2.75) is 13.8 Å². The Labute approximate surface area is 155 Å². The van der Waals surface area contributed by atoms with Gasteiger partial charge in [-0.3, -0.25) is 14.3 Å². The summed E-state index contributed by atoms with van der Waals surface area (Å²) in [5.74, 6) is 0.597. The first kappa shape index (κ1) is 16.4. The van der Waals surface area contributed by atoms with Crippen molar-refractivity contribution in [2.24, 2.45) is 0 Å². The van der Waals surface area contributed by atoms with Crippen LogP contribution in [0, 0.1) is 13.8 Å². The fourth-order valence-electron chi connectivity index (χ4n) is 2.97. The summed E-state index contributed by atoms with van der Waals surface area (Å²) >= 11 is 1.55. The van der Waals surface area contributed by atoms with Crippen molar-refractivity contribution in [3.63, 3.8) is 0 Å². The van der Waals surface area contributed by atoms with Crippen molar-refractivity contribution >= 4 is 34.4 Å². The van der Waals surface area contributed by atoms with E-state index in [2.05, 4.69) is 4.98 Å². The number of para-hydroxylation sites is 1. The molecule has 0 N–H and O–H groups in total. The smallest absolute Gasteiger partial charge is 0.267 e. The number of aryl methyl sites for hydroxylation is 2. The molecule has 0 saturated heterocycles. The minimum Gasteiger partial charge on any atom is -0.268 e. The van der Waals surface area contributed by atoms with Gasteiger partial charge in [-0.15, -0.1) is 11.3 Å². The van der Waals surface area contributed by atoms with E-state index in [0.29, 0.717) is 11.2 Å². The quantitative estimate of drug-likeness (QED) is 0.536. The molecule has 5 heteroatoms. The fourth-order valence-corrected chi connectivity index (χ4v) is 3.74. The number of rotatable bonds is 3. The van der Waals surface area contributed by atoms with Gasteiger partial charge in [0.25, 0.3) is 5.56 Å². The SMILES string of the molecule is Cc1ccccc1-n1c(/C=C/c2ccccn2)nc2csc(C)c2c1=O. The lowest BCUT2D eigenvalue weighted by molar-refractivity contribution is 0.935. The molecule has 0 aliphatic heterocycles. The van der Waals surface area contributed by atoms with Crippen LogP contribution < -0.4 is 5.56 Å². The second kappa shape index (κ2) is 6.69. The van der Waals surface area contributed by atoms with Gasteiger partial charge in [-0.25, -0.2) is 4.98 Å². The second-order valence-corrected chi connectivity index (χ2v) is 7.12. The van der Waals surface area contributed by atoms with Gasteiger partial charge in [-0.1, -0.05) is 24.3 Å². The molecule has 0 aliphatic carbocycles. The van der Waals surface area contributed by atoms with Crippen LogP contribution in [0.4, 0.5) is 0 Å². The Kier molecular flexibility index (Phi) is 4.22. The molecule has 3 aromatic heterocycles. The van der Waals surface area contributed by atoms with Crippen LogP contribution in [-0.4, -0.2) is 14.5 Å². The summed E-state index contributed by atoms with van der Waals surface area (Å²) in [4.78, 5) is 23.3. The van der Waals surface area contributed by atoms with E-state index in [9.17, 15) is 4.79 Å². The maximum Gasteiger partial charge on any atom is 0.267 e. The van der Waals surface area contributed by atoms with Crippen LogP contribution in [0.3, 0.4) is 0 Å². The molecule has 0 atom stereocenters. The first-order chi connectivity index (χ1) is 12.6. The molecule has 4 nitrogen and oxygen atoms in total. The third-order valence-corrected chi connectivity index (χ3v) is 5.18. The Hall–Kier alpha value is -3.05. The zero-order chi connectivity index (χ0) is 18.1. The Bertz CT molecular complexity index is 1170. The summed E-state index contributed by atoms with van der Waals surface area (Å²) in [5.41, 5.74) is 3.39. The van der Waals surface area contributed by atoms with Gasteiger partial charge in [0.2, 0.25) is 0 Å². The van der Waals surface area contributed by atoms with Gasteiger partial charge in [0, 0.05) is 16.5 Å². The lowest BCUT2D eigenvalue weighted by Gasteiger charge is -2.12. The van der Waals surface area contributed by atoms with Crippen molar-refractivity contribution < 1.29 is 0 Å². The Balaban J connectivity index is 1.99. The average molecular weight is 359 g/mol. The van der Waals surface area contributed by atoms with Gasteiger partial charge in [-0.2, -0.15) is 0 Å². The van der Waals surface area contributed by atoms with Crippen LogP contribution in [0.5, 0.6) is 0 Å². The normalized spacial score (nSPS) is 11.5. The fraction of sp³-hybridized carbons (Fsp3) is 0.0952. The number of benzene rings is 1. The largest absolute Gasteiger partial charge is 0.268 e. The highest BCUT2D eigenvalue weighted by Crippen LogP contribution is 2.23. The zero-order valence-electron chi connectivity index (χ0n) is 14.5. The number of hydrogen-bond acceptors (Lipinski definition) is 4. The van der Waals surface area contributed by atoms with Gasteiger partial charge in [0.15, 0.2) is 0 Å². The topological polar surface area (TPSA) is 47.8 Å². The monoisotopic (exact) mass is 359 g/mol. The average Bonchev–Trinajstić information content (AvgIpc) is 3.03. The summed E-state index contributed by atoms with van der Waals surface area (Å²) in [7, 11) is 0. The van der Waals surface area contributed by atoms with Crippen LogP contribution in [0.1, 0.15) is 22.0 Å². The summed E-state index contributed by atoms with van der Waals surface area (Å²) in [6.07, 6.45) is 5.47. The molecular weight excluding hydrogens is 342 g/mol. The van der Waals surface area contributed by atoms with Crippen molar-refractivity contribution in [2.75, 3.05) is 0 Å². The Morgan fingerprint density at radius 2 is 1.85 bits per heavy atom. The molecule has 0 fully saturated rings. The molecule has 128 valence electrons. The molecule has 0 aliphatic rings. The minimum atomic E-state index is -0.0382. The molecule has 0 radical (unpaired) electrons. The first-order valence-corrected chi connectivity index (χ1v) is 9.19. The maximum absolute atomic E-state index is 13.3. The molecule has 4 aromatic rings. The number of pyridine rings is 1. The molecule has 0 amide bonds. The molecule has 0 unspecified atom stereocenters. The summed E-state index contributed by atoms with van der Waals surface area (Å²) in [5, 5.41) is 2.63. The number of fused-ring (bicyclic) bond motifs is 1. The number of nitrogens with zero attached hydrogens (tertiary/aromatic N) is 3. The summed E-state index contributed by atoms with van der Waals surface area (Å²) < 4.78 is 1.69. The van der Waals surface area contributed by atoms with Crippen LogP contribution in [0.25, 0.3) is 28.7 Å². The van der Waals surface area contributed by atoms with Crippen LogP contribution in [-0.2, 0) is 0 Å². The first-order valence-electron chi connectivity index (χ1n) is 8.31. The van der Waals surface area contributed by atoms with Crippen LogP contribution in [0.15, 0.2) is 58.8 Å². The van der Waals surface area contributed by atoms with E-state index < -0.39 is 0 Å². The van der Waals surface area contributed by atoms with Crippen molar-refractivity contribution in [1.29, 1.82) is 0 Å². The minimum absolute atomic E-state index is 0.0382.